The molecule has 0 aliphatic heterocycles. The number of imidazole rings is 1. The van der Waals surface area contributed by atoms with Crippen LogP contribution in [-0.2, 0) is 6.54 Å². The predicted octanol–water partition coefficient (Wildman–Crippen LogP) is 3.32. The maximum atomic E-state index is 5.87. The van der Waals surface area contributed by atoms with Gasteiger partial charge in [0.25, 0.3) is 0 Å². The van der Waals surface area contributed by atoms with Crippen molar-refractivity contribution >= 4 is 28.3 Å². The summed E-state index contributed by atoms with van der Waals surface area (Å²) in [4.78, 5) is 4.35. The number of nitrogen functional groups attached to an aromatic ring is 1. The maximum Gasteiger partial charge on any atom is 0.0961 e. The fourth-order valence-electron chi connectivity index (χ4n) is 1.99. The van der Waals surface area contributed by atoms with Crippen LogP contribution in [0.15, 0.2) is 48.8 Å². The largest absolute Gasteiger partial charge is 0.399 e. The lowest BCUT2D eigenvalue weighted by atomic mass is 10.2. The van der Waals surface area contributed by atoms with Gasteiger partial charge < -0.3 is 10.3 Å². The van der Waals surface area contributed by atoms with E-state index in [2.05, 4.69) is 9.55 Å². The molecule has 4 heteroatoms. The lowest BCUT2D eigenvalue weighted by molar-refractivity contribution is 0.824. The minimum atomic E-state index is 0.735. The molecule has 90 valence electrons. The normalized spacial score (nSPS) is 10.9. The Morgan fingerprint density at radius 2 is 1.89 bits per heavy atom. The predicted molar refractivity (Wildman–Crippen MR) is 74.7 cm³/mol. The van der Waals surface area contributed by atoms with Gasteiger partial charge in [0.2, 0.25) is 0 Å². The van der Waals surface area contributed by atoms with Crippen LogP contribution >= 0.6 is 11.6 Å². The van der Waals surface area contributed by atoms with Crippen molar-refractivity contribution in [2.75, 3.05) is 5.73 Å². The summed E-state index contributed by atoms with van der Waals surface area (Å²) < 4.78 is 2.10. The van der Waals surface area contributed by atoms with Crippen molar-refractivity contribution in [2.45, 2.75) is 6.54 Å². The zero-order chi connectivity index (χ0) is 12.5. The number of fused-ring (bicyclic) bond motifs is 1. The Morgan fingerprint density at radius 3 is 2.67 bits per heavy atom. The van der Waals surface area contributed by atoms with E-state index in [0.29, 0.717) is 0 Å². The maximum absolute atomic E-state index is 5.87. The molecule has 0 amide bonds. The molecule has 0 atom stereocenters. The third-order valence-corrected chi connectivity index (χ3v) is 3.16. The first-order valence-corrected chi connectivity index (χ1v) is 6.05. The van der Waals surface area contributed by atoms with Crippen molar-refractivity contribution in [1.29, 1.82) is 0 Å². The number of aromatic nitrogens is 2. The highest BCUT2D eigenvalue weighted by molar-refractivity contribution is 6.30. The average Bonchev–Trinajstić information content (AvgIpc) is 2.74. The summed E-state index contributed by atoms with van der Waals surface area (Å²) in [5.41, 5.74) is 9.67. The molecule has 0 saturated carbocycles. The second-order valence-corrected chi connectivity index (χ2v) is 4.68. The van der Waals surface area contributed by atoms with E-state index < -0.39 is 0 Å². The van der Waals surface area contributed by atoms with E-state index in [9.17, 15) is 0 Å². The molecular weight excluding hydrogens is 246 g/mol. The second kappa shape index (κ2) is 4.35. The number of benzene rings is 2. The monoisotopic (exact) mass is 257 g/mol. The zero-order valence-corrected chi connectivity index (χ0v) is 10.4. The van der Waals surface area contributed by atoms with Gasteiger partial charge in [-0.25, -0.2) is 4.98 Å². The third-order valence-electron chi connectivity index (χ3n) is 2.91. The summed E-state index contributed by atoms with van der Waals surface area (Å²) >= 11 is 5.87. The molecule has 3 aromatic rings. The van der Waals surface area contributed by atoms with E-state index >= 15 is 0 Å². The van der Waals surface area contributed by atoms with Gasteiger partial charge in [0.15, 0.2) is 0 Å². The molecule has 2 N–H and O–H groups in total. The van der Waals surface area contributed by atoms with Crippen LogP contribution in [0.5, 0.6) is 0 Å². The molecule has 0 bridgehead atoms. The van der Waals surface area contributed by atoms with Gasteiger partial charge in [-0.05, 0) is 35.9 Å². The quantitative estimate of drug-likeness (QED) is 0.716. The molecule has 0 saturated heterocycles. The van der Waals surface area contributed by atoms with Gasteiger partial charge in [-0.2, -0.15) is 0 Å². The third kappa shape index (κ3) is 2.05. The van der Waals surface area contributed by atoms with Gasteiger partial charge in [0.1, 0.15) is 0 Å². The lowest BCUT2D eigenvalue weighted by Crippen LogP contribution is -1.97. The highest BCUT2D eigenvalue weighted by Gasteiger charge is 2.03. The first-order valence-electron chi connectivity index (χ1n) is 5.67. The van der Waals surface area contributed by atoms with Gasteiger partial charge in [0, 0.05) is 17.3 Å². The molecule has 3 nitrogen and oxygen atoms in total. The molecule has 3 rings (SSSR count). The van der Waals surface area contributed by atoms with Crippen LogP contribution in [-0.4, -0.2) is 9.55 Å². The van der Waals surface area contributed by atoms with E-state index in [1.54, 1.807) is 0 Å². The number of nitrogens with zero attached hydrogens (tertiary/aromatic N) is 2. The topological polar surface area (TPSA) is 43.8 Å². The van der Waals surface area contributed by atoms with Crippen molar-refractivity contribution in [3.63, 3.8) is 0 Å². The van der Waals surface area contributed by atoms with Gasteiger partial charge in [0.05, 0.1) is 17.4 Å². The van der Waals surface area contributed by atoms with E-state index in [1.165, 1.54) is 5.56 Å². The van der Waals surface area contributed by atoms with Gasteiger partial charge in [-0.15, -0.1) is 0 Å². The number of anilines is 1. The van der Waals surface area contributed by atoms with Crippen molar-refractivity contribution < 1.29 is 0 Å². The molecule has 0 aliphatic carbocycles. The zero-order valence-electron chi connectivity index (χ0n) is 9.68. The smallest absolute Gasteiger partial charge is 0.0961 e. The second-order valence-electron chi connectivity index (χ2n) is 4.25. The van der Waals surface area contributed by atoms with Gasteiger partial charge in [-0.3, -0.25) is 0 Å². The Morgan fingerprint density at radius 1 is 1.11 bits per heavy atom. The van der Waals surface area contributed by atoms with Crippen LogP contribution in [0.2, 0.25) is 5.02 Å². The summed E-state index contributed by atoms with van der Waals surface area (Å²) in [5, 5.41) is 0.752. The minimum absolute atomic E-state index is 0.735. The Labute approximate surface area is 110 Å². The number of rotatable bonds is 2. The molecule has 0 radical (unpaired) electrons. The number of nitrogens with two attached hydrogens (primary N) is 1. The lowest BCUT2D eigenvalue weighted by Gasteiger charge is -2.04. The summed E-state index contributed by atoms with van der Waals surface area (Å²) in [5.74, 6) is 0. The highest BCUT2D eigenvalue weighted by Crippen LogP contribution is 2.18. The van der Waals surface area contributed by atoms with E-state index in [4.69, 9.17) is 17.3 Å². The minimum Gasteiger partial charge on any atom is -0.399 e. The van der Waals surface area contributed by atoms with Crippen molar-refractivity contribution in [3.8, 4) is 0 Å². The van der Waals surface area contributed by atoms with Crippen LogP contribution in [0.3, 0.4) is 0 Å². The molecule has 0 spiro atoms. The molecule has 1 heterocycles. The molecule has 2 aromatic carbocycles. The van der Waals surface area contributed by atoms with E-state index in [0.717, 1.165) is 28.3 Å². The first kappa shape index (κ1) is 11.1. The van der Waals surface area contributed by atoms with Crippen LogP contribution < -0.4 is 5.73 Å². The molecule has 0 unspecified atom stereocenters. The number of hydrogen-bond acceptors (Lipinski definition) is 2. The standard InChI is InChI=1S/C14H12ClN3/c15-11-3-1-10(2-4-11)8-18-9-17-13-7-12(16)5-6-14(13)18/h1-7,9H,8,16H2. The Hall–Kier alpha value is -2.00. The first-order chi connectivity index (χ1) is 8.72. The Kier molecular flexibility index (Phi) is 2.68. The van der Waals surface area contributed by atoms with Crippen molar-refractivity contribution in [1.82, 2.24) is 9.55 Å². The van der Waals surface area contributed by atoms with Gasteiger partial charge >= 0.3 is 0 Å². The van der Waals surface area contributed by atoms with Crippen LogP contribution in [0.4, 0.5) is 5.69 Å². The van der Waals surface area contributed by atoms with Crippen molar-refractivity contribution in [2.24, 2.45) is 0 Å². The summed E-state index contributed by atoms with van der Waals surface area (Å²) in [6.07, 6.45) is 1.83. The SMILES string of the molecule is Nc1ccc2c(c1)ncn2Cc1ccc(Cl)cc1. The van der Waals surface area contributed by atoms with Crippen LogP contribution in [0.25, 0.3) is 11.0 Å². The fraction of sp³-hybridized carbons (Fsp3) is 0.0714. The average molecular weight is 258 g/mol. The van der Waals surface area contributed by atoms with Crippen LogP contribution in [0.1, 0.15) is 5.56 Å². The molecular formula is C14H12ClN3. The molecule has 0 fully saturated rings. The van der Waals surface area contributed by atoms with Gasteiger partial charge in [-0.1, -0.05) is 23.7 Å². The molecule has 0 aliphatic rings. The highest BCUT2D eigenvalue weighted by atomic mass is 35.5. The van der Waals surface area contributed by atoms with Crippen molar-refractivity contribution in [3.05, 3.63) is 59.4 Å². The molecule has 1 aromatic heterocycles. The number of halogens is 1. The summed E-state index contributed by atoms with van der Waals surface area (Å²) in [7, 11) is 0. The molecule has 18 heavy (non-hydrogen) atoms. The van der Waals surface area contributed by atoms with Crippen LogP contribution in [0, 0.1) is 0 Å². The van der Waals surface area contributed by atoms with E-state index in [1.807, 2.05) is 48.8 Å². The summed E-state index contributed by atoms with van der Waals surface area (Å²) in [6, 6.07) is 13.6. The number of hydrogen-bond donors (Lipinski definition) is 1. The Bertz CT molecular complexity index is 686. The fourth-order valence-corrected chi connectivity index (χ4v) is 2.12. The summed E-state index contributed by atoms with van der Waals surface area (Å²) in [6.45, 7) is 0.775. The van der Waals surface area contributed by atoms with E-state index in [-0.39, 0.29) is 0 Å². The Balaban J connectivity index is 1.97.